The van der Waals surface area contributed by atoms with Crippen LogP contribution in [0.15, 0.2) is 18.3 Å². The standard InChI is InChI=1S/C18H23N3O/c1-13-19-11-15-7-9-18(16(15)20-13)8-4-10-21(12-18)17(22)14-5-2-3-6-14/h2-3,11,14H,4-10,12H2,1H3. The number of nitrogens with zero attached hydrogens (tertiary/aromatic N) is 3. The van der Waals surface area contributed by atoms with E-state index in [1.807, 2.05) is 13.1 Å². The number of piperidine rings is 1. The Labute approximate surface area is 131 Å². The highest BCUT2D eigenvalue weighted by Gasteiger charge is 2.45. The molecule has 0 radical (unpaired) electrons. The minimum Gasteiger partial charge on any atom is -0.341 e. The Morgan fingerprint density at radius 3 is 2.95 bits per heavy atom. The molecule has 1 saturated heterocycles. The molecule has 1 fully saturated rings. The van der Waals surface area contributed by atoms with E-state index in [1.165, 1.54) is 11.3 Å². The van der Waals surface area contributed by atoms with Crippen LogP contribution in [0.3, 0.4) is 0 Å². The average molecular weight is 297 g/mol. The third-order valence-corrected chi connectivity index (χ3v) is 5.61. The van der Waals surface area contributed by atoms with E-state index in [0.717, 1.165) is 57.4 Å². The second-order valence-electron chi connectivity index (χ2n) is 7.07. The lowest BCUT2D eigenvalue weighted by atomic mass is 9.77. The van der Waals surface area contributed by atoms with E-state index in [0.29, 0.717) is 5.91 Å². The number of allylic oxidation sites excluding steroid dienone is 2. The Morgan fingerprint density at radius 1 is 1.32 bits per heavy atom. The summed E-state index contributed by atoms with van der Waals surface area (Å²) < 4.78 is 0. The van der Waals surface area contributed by atoms with Crippen LogP contribution in [0.4, 0.5) is 0 Å². The summed E-state index contributed by atoms with van der Waals surface area (Å²) in [6.07, 6.45) is 12.5. The fraction of sp³-hybridized carbons (Fsp3) is 0.611. The summed E-state index contributed by atoms with van der Waals surface area (Å²) in [5, 5.41) is 0. The van der Waals surface area contributed by atoms with Crippen LogP contribution in [0.2, 0.25) is 0 Å². The van der Waals surface area contributed by atoms with Gasteiger partial charge >= 0.3 is 0 Å². The van der Waals surface area contributed by atoms with Gasteiger partial charge in [-0.25, -0.2) is 9.97 Å². The van der Waals surface area contributed by atoms with Crippen LogP contribution in [-0.2, 0) is 16.6 Å². The highest BCUT2D eigenvalue weighted by Crippen LogP contribution is 2.44. The Bertz CT molecular complexity index is 627. The Balaban J connectivity index is 1.59. The summed E-state index contributed by atoms with van der Waals surface area (Å²) in [6, 6.07) is 0. The number of hydrogen-bond donors (Lipinski definition) is 0. The molecule has 1 spiro atoms. The number of carbonyl (C=O) groups excluding carboxylic acids is 1. The van der Waals surface area contributed by atoms with Crippen LogP contribution in [0.1, 0.15) is 49.2 Å². The molecule has 1 atom stereocenters. The number of carbonyl (C=O) groups is 1. The minimum absolute atomic E-state index is 0.0863. The predicted octanol–water partition coefficient (Wildman–Crippen LogP) is 2.56. The van der Waals surface area contributed by atoms with Crippen molar-refractivity contribution in [1.29, 1.82) is 0 Å². The van der Waals surface area contributed by atoms with Crippen molar-refractivity contribution in [3.63, 3.8) is 0 Å². The molecule has 116 valence electrons. The Hall–Kier alpha value is -1.71. The summed E-state index contributed by atoms with van der Waals surface area (Å²) in [4.78, 5) is 24.0. The van der Waals surface area contributed by atoms with Gasteiger partial charge in [-0.1, -0.05) is 12.2 Å². The van der Waals surface area contributed by atoms with Gasteiger partial charge in [0.1, 0.15) is 5.82 Å². The molecule has 0 saturated carbocycles. The fourth-order valence-electron chi connectivity index (χ4n) is 4.42. The number of likely N-dealkylation sites (tertiary alicyclic amines) is 1. The molecule has 3 aliphatic rings. The van der Waals surface area contributed by atoms with Gasteiger partial charge in [-0.2, -0.15) is 0 Å². The predicted molar refractivity (Wildman–Crippen MR) is 84.4 cm³/mol. The lowest BCUT2D eigenvalue weighted by Gasteiger charge is -2.41. The molecule has 4 heteroatoms. The minimum atomic E-state index is 0.0863. The molecular weight excluding hydrogens is 274 g/mol. The molecule has 4 nitrogen and oxygen atoms in total. The van der Waals surface area contributed by atoms with Crippen molar-refractivity contribution in [2.24, 2.45) is 5.92 Å². The van der Waals surface area contributed by atoms with Gasteiger partial charge < -0.3 is 4.90 Å². The van der Waals surface area contributed by atoms with Gasteiger partial charge in [-0.3, -0.25) is 4.79 Å². The molecule has 1 aliphatic heterocycles. The molecule has 22 heavy (non-hydrogen) atoms. The zero-order chi connectivity index (χ0) is 15.2. The topological polar surface area (TPSA) is 46.1 Å². The van der Waals surface area contributed by atoms with Crippen molar-refractivity contribution < 1.29 is 4.79 Å². The lowest BCUT2D eigenvalue weighted by molar-refractivity contribution is -0.137. The highest BCUT2D eigenvalue weighted by atomic mass is 16.2. The van der Waals surface area contributed by atoms with Crippen LogP contribution < -0.4 is 0 Å². The van der Waals surface area contributed by atoms with E-state index in [1.54, 1.807) is 0 Å². The van der Waals surface area contributed by atoms with Crippen LogP contribution in [0.5, 0.6) is 0 Å². The average Bonchev–Trinajstić information content (AvgIpc) is 3.17. The van der Waals surface area contributed by atoms with Gasteiger partial charge in [0.05, 0.1) is 5.69 Å². The van der Waals surface area contributed by atoms with Crippen molar-refractivity contribution in [2.45, 2.75) is 50.9 Å². The van der Waals surface area contributed by atoms with Crippen molar-refractivity contribution in [3.8, 4) is 0 Å². The van der Waals surface area contributed by atoms with Gasteiger partial charge in [0.2, 0.25) is 5.91 Å². The maximum Gasteiger partial charge on any atom is 0.226 e. The Morgan fingerprint density at radius 2 is 2.14 bits per heavy atom. The number of fused-ring (bicyclic) bond motifs is 2. The van der Waals surface area contributed by atoms with E-state index in [9.17, 15) is 4.79 Å². The van der Waals surface area contributed by atoms with E-state index in [-0.39, 0.29) is 11.3 Å². The van der Waals surface area contributed by atoms with Crippen molar-refractivity contribution in [2.75, 3.05) is 13.1 Å². The molecule has 2 aliphatic carbocycles. The first-order valence-corrected chi connectivity index (χ1v) is 8.45. The second-order valence-corrected chi connectivity index (χ2v) is 7.07. The van der Waals surface area contributed by atoms with Gasteiger partial charge in [0.25, 0.3) is 0 Å². The summed E-state index contributed by atoms with van der Waals surface area (Å²) in [5.41, 5.74) is 2.60. The molecule has 0 N–H and O–H groups in total. The third kappa shape index (κ3) is 2.16. The first-order chi connectivity index (χ1) is 10.7. The number of aromatic nitrogens is 2. The molecule has 4 rings (SSSR count). The molecule has 1 aromatic rings. The summed E-state index contributed by atoms with van der Waals surface area (Å²) in [7, 11) is 0. The number of aryl methyl sites for hydroxylation is 2. The first kappa shape index (κ1) is 13.9. The van der Waals surface area contributed by atoms with Crippen LogP contribution in [0.25, 0.3) is 0 Å². The molecule has 1 amide bonds. The quantitative estimate of drug-likeness (QED) is 0.748. The van der Waals surface area contributed by atoms with Gasteiger partial charge in [0, 0.05) is 30.6 Å². The van der Waals surface area contributed by atoms with Crippen molar-refractivity contribution >= 4 is 5.91 Å². The largest absolute Gasteiger partial charge is 0.341 e. The SMILES string of the molecule is Cc1ncc2c(n1)C1(CCCN(C(=O)C3CC=CC3)C1)CC2. The highest BCUT2D eigenvalue weighted by molar-refractivity contribution is 5.80. The van der Waals surface area contributed by atoms with Crippen molar-refractivity contribution in [1.82, 2.24) is 14.9 Å². The number of hydrogen-bond acceptors (Lipinski definition) is 3. The molecule has 1 unspecified atom stereocenters. The van der Waals surface area contributed by atoms with Gasteiger partial charge in [-0.15, -0.1) is 0 Å². The third-order valence-electron chi connectivity index (χ3n) is 5.61. The molecule has 2 heterocycles. The first-order valence-electron chi connectivity index (χ1n) is 8.45. The maximum atomic E-state index is 12.8. The number of rotatable bonds is 1. The molecule has 0 aromatic carbocycles. The summed E-state index contributed by atoms with van der Waals surface area (Å²) >= 11 is 0. The van der Waals surface area contributed by atoms with E-state index >= 15 is 0 Å². The van der Waals surface area contributed by atoms with E-state index in [2.05, 4.69) is 22.0 Å². The summed E-state index contributed by atoms with van der Waals surface area (Å²) in [5.74, 6) is 1.38. The summed E-state index contributed by atoms with van der Waals surface area (Å²) in [6.45, 7) is 3.73. The Kier molecular flexibility index (Phi) is 3.28. The smallest absolute Gasteiger partial charge is 0.226 e. The fourth-order valence-corrected chi connectivity index (χ4v) is 4.42. The molecule has 0 bridgehead atoms. The zero-order valence-corrected chi connectivity index (χ0v) is 13.2. The van der Waals surface area contributed by atoms with Gasteiger partial charge in [0.15, 0.2) is 0 Å². The maximum absolute atomic E-state index is 12.8. The monoisotopic (exact) mass is 297 g/mol. The van der Waals surface area contributed by atoms with Gasteiger partial charge in [-0.05, 0) is 51.0 Å². The normalized spacial score (nSPS) is 27.6. The molecular formula is C18H23N3O. The molecule has 1 aromatic heterocycles. The second kappa shape index (κ2) is 5.18. The van der Waals surface area contributed by atoms with Crippen LogP contribution in [0, 0.1) is 12.8 Å². The lowest BCUT2D eigenvalue weighted by Crippen LogP contribution is -2.49. The van der Waals surface area contributed by atoms with Crippen molar-refractivity contribution in [3.05, 3.63) is 35.4 Å². The zero-order valence-electron chi connectivity index (χ0n) is 13.2. The van der Waals surface area contributed by atoms with Crippen LogP contribution in [-0.4, -0.2) is 33.9 Å². The van der Waals surface area contributed by atoms with Crippen LogP contribution >= 0.6 is 0 Å². The van der Waals surface area contributed by atoms with E-state index in [4.69, 9.17) is 4.98 Å². The van der Waals surface area contributed by atoms with E-state index < -0.39 is 0 Å². The number of amides is 1.